The Kier molecular flexibility index (Phi) is 7.06. The molecule has 1 aliphatic rings. The van der Waals surface area contributed by atoms with Gasteiger partial charge in [-0.15, -0.1) is 0 Å². The molecule has 0 N–H and O–H groups in total. The van der Waals surface area contributed by atoms with Crippen LogP contribution in [-0.4, -0.2) is 41.2 Å². The van der Waals surface area contributed by atoms with Crippen molar-refractivity contribution in [1.82, 2.24) is 9.88 Å². The largest absolute Gasteiger partial charge is 0.478 e. The number of carbonyl (C=O) groups is 1. The lowest BCUT2D eigenvalue weighted by Crippen LogP contribution is -2.44. The summed E-state index contributed by atoms with van der Waals surface area (Å²) < 4.78 is 33.9. The monoisotopic (exact) mass is 422 g/mol. The van der Waals surface area contributed by atoms with Crippen LogP contribution in [0.5, 0.6) is 5.88 Å². The topological polar surface area (TPSA) is 42.4 Å². The number of pyridine rings is 1. The van der Waals surface area contributed by atoms with Gasteiger partial charge in [-0.25, -0.2) is 13.8 Å². The molecule has 1 aromatic carbocycles. The molecule has 1 saturated heterocycles. The molecule has 0 atom stereocenters. The van der Waals surface area contributed by atoms with Gasteiger partial charge in [0.25, 0.3) is 5.91 Å². The number of hydrogen-bond acceptors (Lipinski definition) is 3. The SMILES string of the molecule is Cc1ccc(OCCCCC2(F)CCN(C(=O)c3ccc(F)c(Cl)c3)CC2)nc1. The molecule has 3 rings (SSSR count). The molecule has 1 aromatic heterocycles. The number of aryl methyl sites for hydroxylation is 1. The Labute approximate surface area is 174 Å². The molecule has 1 amide bonds. The fourth-order valence-electron chi connectivity index (χ4n) is 3.43. The number of unbranched alkanes of at least 4 members (excludes halogenated alkanes) is 1. The number of hydrogen-bond donors (Lipinski definition) is 0. The van der Waals surface area contributed by atoms with Gasteiger partial charge < -0.3 is 9.64 Å². The Morgan fingerprint density at radius 3 is 2.66 bits per heavy atom. The van der Waals surface area contributed by atoms with Crippen molar-refractivity contribution in [2.75, 3.05) is 19.7 Å². The van der Waals surface area contributed by atoms with E-state index in [0.717, 1.165) is 12.0 Å². The molecule has 0 aliphatic carbocycles. The van der Waals surface area contributed by atoms with E-state index in [1.165, 1.54) is 18.2 Å². The maximum atomic E-state index is 15.1. The molecule has 0 radical (unpaired) electrons. The second-order valence-electron chi connectivity index (χ2n) is 7.55. The number of nitrogens with zero attached hydrogens (tertiary/aromatic N) is 2. The van der Waals surface area contributed by atoms with Crippen LogP contribution in [0.1, 0.15) is 48.0 Å². The number of alkyl halides is 1. The van der Waals surface area contributed by atoms with E-state index >= 15 is 4.39 Å². The first-order chi connectivity index (χ1) is 13.9. The Morgan fingerprint density at radius 2 is 2.00 bits per heavy atom. The predicted molar refractivity (Wildman–Crippen MR) is 109 cm³/mol. The van der Waals surface area contributed by atoms with Crippen LogP contribution in [0.15, 0.2) is 36.5 Å². The maximum absolute atomic E-state index is 15.1. The van der Waals surface area contributed by atoms with Crippen LogP contribution in [0.25, 0.3) is 0 Å². The lowest BCUT2D eigenvalue weighted by Gasteiger charge is -2.36. The number of ether oxygens (including phenoxy) is 1. The third-order valence-corrected chi connectivity index (χ3v) is 5.56. The number of aromatic nitrogens is 1. The minimum absolute atomic E-state index is 0.0873. The van der Waals surface area contributed by atoms with E-state index in [2.05, 4.69) is 4.98 Å². The van der Waals surface area contributed by atoms with Gasteiger partial charge in [-0.05, 0) is 62.8 Å². The standard InChI is InChI=1S/C22H25ClF2N2O2/c1-16-4-7-20(26-15-16)29-13-3-2-8-22(25)9-11-27(12-10-22)21(28)17-5-6-19(24)18(23)14-17/h4-7,14-15H,2-3,8-13H2,1H3. The molecule has 1 aliphatic heterocycles. The Morgan fingerprint density at radius 1 is 1.24 bits per heavy atom. The van der Waals surface area contributed by atoms with E-state index in [9.17, 15) is 9.18 Å². The van der Waals surface area contributed by atoms with Crippen molar-refractivity contribution in [3.8, 4) is 5.88 Å². The second kappa shape index (κ2) is 9.53. The van der Waals surface area contributed by atoms with E-state index in [1.807, 2.05) is 19.1 Å². The van der Waals surface area contributed by atoms with E-state index in [0.29, 0.717) is 56.8 Å². The maximum Gasteiger partial charge on any atom is 0.253 e. The minimum atomic E-state index is -1.26. The van der Waals surface area contributed by atoms with Crippen molar-refractivity contribution < 1.29 is 18.3 Å². The molecule has 7 heteroatoms. The average molecular weight is 423 g/mol. The van der Waals surface area contributed by atoms with Gasteiger partial charge in [0.1, 0.15) is 11.5 Å². The predicted octanol–water partition coefficient (Wildman–Crippen LogP) is 5.38. The molecule has 156 valence electrons. The van der Waals surface area contributed by atoms with Gasteiger partial charge in [0, 0.05) is 30.9 Å². The molecule has 2 heterocycles. The number of piperidine rings is 1. The number of amides is 1. The molecule has 0 unspecified atom stereocenters. The summed E-state index contributed by atoms with van der Waals surface area (Å²) in [5, 5.41) is -0.0873. The van der Waals surface area contributed by atoms with Crippen molar-refractivity contribution in [1.29, 1.82) is 0 Å². The Bertz CT molecular complexity index is 837. The summed E-state index contributed by atoms with van der Waals surface area (Å²) in [6.07, 6.45) is 4.26. The molecule has 0 bridgehead atoms. The minimum Gasteiger partial charge on any atom is -0.478 e. The van der Waals surface area contributed by atoms with Crippen LogP contribution in [0, 0.1) is 12.7 Å². The average Bonchev–Trinajstić information content (AvgIpc) is 2.71. The molecule has 4 nitrogen and oxygen atoms in total. The third kappa shape index (κ3) is 5.89. The lowest BCUT2D eigenvalue weighted by atomic mass is 9.88. The molecule has 2 aromatic rings. The zero-order chi connectivity index (χ0) is 20.9. The van der Waals surface area contributed by atoms with Crippen LogP contribution < -0.4 is 4.74 Å². The summed E-state index contributed by atoms with van der Waals surface area (Å²) in [6, 6.07) is 7.66. The van der Waals surface area contributed by atoms with Gasteiger partial charge in [0.15, 0.2) is 0 Å². The number of halogens is 3. The van der Waals surface area contributed by atoms with Crippen LogP contribution >= 0.6 is 11.6 Å². The van der Waals surface area contributed by atoms with Gasteiger partial charge >= 0.3 is 0 Å². The first kappa shape index (κ1) is 21.5. The normalized spacial score (nSPS) is 15.9. The first-order valence-corrected chi connectivity index (χ1v) is 10.2. The molecular weight excluding hydrogens is 398 g/mol. The van der Waals surface area contributed by atoms with Crippen molar-refractivity contribution >= 4 is 17.5 Å². The van der Waals surface area contributed by atoms with Gasteiger partial charge in [-0.1, -0.05) is 17.7 Å². The summed E-state index contributed by atoms with van der Waals surface area (Å²) in [5.41, 5.74) is 0.132. The zero-order valence-corrected chi connectivity index (χ0v) is 17.2. The molecular formula is C22H25ClF2N2O2. The van der Waals surface area contributed by atoms with Crippen LogP contribution in [0.2, 0.25) is 5.02 Å². The fourth-order valence-corrected chi connectivity index (χ4v) is 3.61. The summed E-state index contributed by atoms with van der Waals surface area (Å²) in [5.74, 6) is -0.224. The third-order valence-electron chi connectivity index (χ3n) is 5.27. The summed E-state index contributed by atoms with van der Waals surface area (Å²) in [7, 11) is 0. The molecule has 0 spiro atoms. The van der Waals surface area contributed by atoms with E-state index in [1.54, 1.807) is 11.1 Å². The number of rotatable bonds is 7. The summed E-state index contributed by atoms with van der Waals surface area (Å²) in [4.78, 5) is 18.3. The van der Waals surface area contributed by atoms with Crippen molar-refractivity contribution in [2.45, 2.75) is 44.7 Å². The Balaban J connectivity index is 1.40. The van der Waals surface area contributed by atoms with Crippen LogP contribution in [-0.2, 0) is 0 Å². The van der Waals surface area contributed by atoms with Crippen LogP contribution in [0.4, 0.5) is 8.78 Å². The Hall–Kier alpha value is -2.21. The van der Waals surface area contributed by atoms with Gasteiger partial charge in [0.05, 0.1) is 11.6 Å². The van der Waals surface area contributed by atoms with E-state index in [4.69, 9.17) is 16.3 Å². The first-order valence-electron chi connectivity index (χ1n) is 9.85. The quantitative estimate of drug-likeness (QED) is 0.563. The highest BCUT2D eigenvalue weighted by Gasteiger charge is 2.35. The summed E-state index contributed by atoms with van der Waals surface area (Å²) >= 11 is 5.75. The number of carbonyl (C=O) groups excluding carboxylic acids is 1. The highest BCUT2D eigenvalue weighted by Crippen LogP contribution is 2.32. The highest BCUT2D eigenvalue weighted by molar-refractivity contribution is 6.31. The molecule has 1 fully saturated rings. The summed E-state index contributed by atoms with van der Waals surface area (Å²) in [6.45, 7) is 3.15. The zero-order valence-electron chi connectivity index (χ0n) is 16.5. The van der Waals surface area contributed by atoms with Crippen molar-refractivity contribution in [2.24, 2.45) is 0 Å². The number of benzene rings is 1. The van der Waals surface area contributed by atoms with Gasteiger partial charge in [-0.3, -0.25) is 4.79 Å². The smallest absolute Gasteiger partial charge is 0.253 e. The van der Waals surface area contributed by atoms with Crippen LogP contribution in [0.3, 0.4) is 0 Å². The number of likely N-dealkylation sites (tertiary alicyclic amines) is 1. The van der Waals surface area contributed by atoms with Crippen molar-refractivity contribution in [3.63, 3.8) is 0 Å². The second-order valence-corrected chi connectivity index (χ2v) is 7.96. The lowest BCUT2D eigenvalue weighted by molar-refractivity contribution is 0.0382. The molecule has 0 saturated carbocycles. The van der Waals surface area contributed by atoms with Gasteiger partial charge in [-0.2, -0.15) is 0 Å². The fraction of sp³-hybridized carbons (Fsp3) is 0.455. The van der Waals surface area contributed by atoms with E-state index in [-0.39, 0.29) is 10.9 Å². The van der Waals surface area contributed by atoms with Gasteiger partial charge in [0.2, 0.25) is 5.88 Å². The van der Waals surface area contributed by atoms with Crippen molar-refractivity contribution in [3.05, 3.63) is 58.5 Å². The highest BCUT2D eigenvalue weighted by atomic mass is 35.5. The molecule has 29 heavy (non-hydrogen) atoms. The van der Waals surface area contributed by atoms with E-state index < -0.39 is 11.5 Å².